The minimum absolute atomic E-state index is 0.0501. The maximum atomic E-state index is 12.8. The molecule has 2 fully saturated rings. The maximum absolute atomic E-state index is 12.8. The minimum atomic E-state index is -0.0501. The number of nitrogens with zero attached hydrogens (tertiary/aromatic N) is 1. The van der Waals surface area contributed by atoms with Crippen molar-refractivity contribution in [2.45, 2.75) is 25.3 Å². The Morgan fingerprint density at radius 3 is 2.59 bits per heavy atom. The highest BCUT2D eigenvalue weighted by Gasteiger charge is 2.53. The summed E-state index contributed by atoms with van der Waals surface area (Å²) in [5.41, 5.74) is 3.96. The van der Waals surface area contributed by atoms with Crippen molar-refractivity contribution in [3.05, 3.63) is 64.7 Å². The van der Waals surface area contributed by atoms with Crippen LogP contribution in [0.15, 0.2) is 42.5 Å². The van der Waals surface area contributed by atoms with Crippen molar-refractivity contribution in [3.8, 4) is 5.75 Å². The number of nitrogens with one attached hydrogen (secondary N) is 1. The van der Waals surface area contributed by atoms with Crippen LogP contribution >= 0.6 is 0 Å². The number of benzene rings is 2. The van der Waals surface area contributed by atoms with Gasteiger partial charge in [0.25, 0.3) is 11.8 Å². The molecule has 138 valence electrons. The summed E-state index contributed by atoms with van der Waals surface area (Å²) in [5.74, 6) is 1.51. The van der Waals surface area contributed by atoms with Crippen LogP contribution in [0.25, 0.3) is 0 Å². The fraction of sp³-hybridized carbons (Fsp3) is 0.364. The quantitative estimate of drug-likeness (QED) is 0.913. The average molecular weight is 362 g/mol. The van der Waals surface area contributed by atoms with Gasteiger partial charge in [0.05, 0.1) is 7.11 Å². The topological polar surface area (TPSA) is 58.6 Å². The lowest BCUT2D eigenvalue weighted by atomic mass is 9.56. The molecule has 3 aliphatic rings. The standard InChI is InChI=1S/C22H22N2O3/c1-27-18-5-2-14(3-6-18)17-9-22(10-17)12-24(13-22)21(26)15-4-7-19-16(8-15)11-23-20(19)25/h2-8,17H,9-13H2,1H3,(H,23,25). The summed E-state index contributed by atoms with van der Waals surface area (Å²) in [6.45, 7) is 2.20. The number of carbonyl (C=O) groups is 2. The molecule has 0 unspecified atom stereocenters. The van der Waals surface area contributed by atoms with Gasteiger partial charge in [-0.25, -0.2) is 0 Å². The van der Waals surface area contributed by atoms with Gasteiger partial charge in [0.2, 0.25) is 0 Å². The summed E-state index contributed by atoms with van der Waals surface area (Å²) in [6.07, 6.45) is 2.29. The van der Waals surface area contributed by atoms with Crippen molar-refractivity contribution in [2.24, 2.45) is 5.41 Å². The molecule has 0 radical (unpaired) electrons. The number of hydrogen-bond donors (Lipinski definition) is 1. The second kappa shape index (κ2) is 5.84. The van der Waals surface area contributed by atoms with Crippen LogP contribution in [-0.4, -0.2) is 36.9 Å². The van der Waals surface area contributed by atoms with Crippen LogP contribution in [0.3, 0.4) is 0 Å². The molecule has 2 heterocycles. The number of ether oxygens (including phenoxy) is 1. The van der Waals surface area contributed by atoms with E-state index in [4.69, 9.17) is 4.74 Å². The Balaban J connectivity index is 1.20. The number of fused-ring (bicyclic) bond motifs is 1. The molecule has 1 saturated heterocycles. The Morgan fingerprint density at radius 2 is 1.89 bits per heavy atom. The van der Waals surface area contributed by atoms with Gasteiger partial charge >= 0.3 is 0 Å². The average Bonchev–Trinajstić information content (AvgIpc) is 3.00. The summed E-state index contributed by atoms with van der Waals surface area (Å²) >= 11 is 0. The Labute approximate surface area is 158 Å². The third-order valence-electron chi connectivity index (χ3n) is 6.32. The smallest absolute Gasteiger partial charge is 0.253 e. The molecule has 0 atom stereocenters. The molecule has 2 amide bonds. The van der Waals surface area contributed by atoms with Crippen LogP contribution in [0.4, 0.5) is 0 Å². The van der Waals surface area contributed by atoms with Crippen molar-refractivity contribution >= 4 is 11.8 Å². The predicted octanol–water partition coefficient (Wildman–Crippen LogP) is 2.96. The van der Waals surface area contributed by atoms with Gasteiger partial charge in [0.1, 0.15) is 5.75 Å². The van der Waals surface area contributed by atoms with E-state index in [0.29, 0.717) is 29.0 Å². The molecule has 5 rings (SSSR count). The van der Waals surface area contributed by atoms with E-state index in [1.54, 1.807) is 19.2 Å². The molecule has 1 N–H and O–H groups in total. The molecular weight excluding hydrogens is 340 g/mol. The Bertz CT molecular complexity index is 921. The highest BCUT2D eigenvalue weighted by Crippen LogP contribution is 2.56. The zero-order valence-corrected chi connectivity index (χ0v) is 15.3. The Hall–Kier alpha value is -2.82. The van der Waals surface area contributed by atoms with Crippen LogP contribution in [0.1, 0.15) is 50.6 Å². The summed E-state index contributed by atoms with van der Waals surface area (Å²) < 4.78 is 5.22. The predicted molar refractivity (Wildman–Crippen MR) is 101 cm³/mol. The molecule has 2 aromatic rings. The molecule has 2 aliphatic heterocycles. The third-order valence-corrected chi connectivity index (χ3v) is 6.32. The number of hydrogen-bond acceptors (Lipinski definition) is 3. The molecule has 5 nitrogen and oxygen atoms in total. The van der Waals surface area contributed by atoms with Crippen molar-refractivity contribution in [1.29, 1.82) is 0 Å². The van der Waals surface area contributed by atoms with Crippen LogP contribution < -0.4 is 10.1 Å². The largest absolute Gasteiger partial charge is 0.497 e. The van der Waals surface area contributed by atoms with Gasteiger partial charge in [-0.2, -0.15) is 0 Å². The van der Waals surface area contributed by atoms with Gasteiger partial charge < -0.3 is 15.0 Å². The first-order chi connectivity index (χ1) is 13.1. The van der Waals surface area contributed by atoms with Crippen LogP contribution in [0.2, 0.25) is 0 Å². The van der Waals surface area contributed by atoms with Gasteiger partial charge in [0.15, 0.2) is 0 Å². The van der Waals surface area contributed by atoms with E-state index in [9.17, 15) is 9.59 Å². The molecule has 1 aliphatic carbocycles. The van der Waals surface area contributed by atoms with Crippen molar-refractivity contribution in [2.75, 3.05) is 20.2 Å². The molecule has 1 saturated carbocycles. The Kier molecular flexibility index (Phi) is 3.54. The molecule has 0 aromatic heterocycles. The third kappa shape index (κ3) is 2.60. The highest BCUT2D eigenvalue weighted by atomic mass is 16.5. The van der Waals surface area contributed by atoms with E-state index in [-0.39, 0.29) is 11.8 Å². The minimum Gasteiger partial charge on any atom is -0.497 e. The first-order valence-corrected chi connectivity index (χ1v) is 9.41. The van der Waals surface area contributed by atoms with Gasteiger partial charge in [-0.05, 0) is 60.2 Å². The van der Waals surface area contributed by atoms with E-state index in [1.165, 1.54) is 5.56 Å². The van der Waals surface area contributed by atoms with E-state index in [1.807, 2.05) is 23.1 Å². The number of methoxy groups -OCH3 is 1. The van der Waals surface area contributed by atoms with Crippen molar-refractivity contribution in [3.63, 3.8) is 0 Å². The lowest BCUT2D eigenvalue weighted by molar-refractivity contribution is -0.0554. The molecule has 2 aromatic carbocycles. The van der Waals surface area contributed by atoms with Gasteiger partial charge in [-0.1, -0.05) is 12.1 Å². The second-order valence-electron chi connectivity index (χ2n) is 8.09. The van der Waals surface area contributed by atoms with E-state index in [0.717, 1.165) is 37.2 Å². The van der Waals surface area contributed by atoms with E-state index >= 15 is 0 Å². The van der Waals surface area contributed by atoms with Crippen molar-refractivity contribution in [1.82, 2.24) is 10.2 Å². The molecule has 1 spiro atoms. The van der Waals surface area contributed by atoms with Gasteiger partial charge in [-0.3, -0.25) is 9.59 Å². The highest BCUT2D eigenvalue weighted by molar-refractivity contribution is 6.01. The van der Waals surface area contributed by atoms with Gasteiger partial charge in [-0.15, -0.1) is 0 Å². The van der Waals surface area contributed by atoms with Crippen molar-refractivity contribution < 1.29 is 14.3 Å². The van der Waals surface area contributed by atoms with Crippen LogP contribution in [-0.2, 0) is 6.54 Å². The summed E-state index contributed by atoms with van der Waals surface area (Å²) in [4.78, 5) is 26.4. The number of amides is 2. The first-order valence-electron chi connectivity index (χ1n) is 9.41. The van der Waals surface area contributed by atoms with Gasteiger partial charge in [0, 0.05) is 36.2 Å². The van der Waals surface area contributed by atoms with E-state index < -0.39 is 0 Å². The summed E-state index contributed by atoms with van der Waals surface area (Å²) in [7, 11) is 1.68. The fourth-order valence-electron chi connectivity index (χ4n) is 4.81. The number of rotatable bonds is 3. The fourth-order valence-corrected chi connectivity index (χ4v) is 4.81. The summed E-state index contributed by atoms with van der Waals surface area (Å²) in [5, 5.41) is 2.80. The number of likely N-dealkylation sites (tertiary alicyclic amines) is 1. The van der Waals surface area contributed by atoms with E-state index in [2.05, 4.69) is 17.4 Å². The van der Waals surface area contributed by atoms with Crippen LogP contribution in [0.5, 0.6) is 5.75 Å². The normalized spacial score (nSPS) is 19.9. The monoisotopic (exact) mass is 362 g/mol. The summed E-state index contributed by atoms with van der Waals surface area (Å²) in [6, 6.07) is 13.7. The molecule has 0 bridgehead atoms. The Morgan fingerprint density at radius 1 is 1.15 bits per heavy atom. The first kappa shape index (κ1) is 16.4. The lowest BCUT2D eigenvalue weighted by Crippen LogP contribution is -2.63. The lowest BCUT2D eigenvalue weighted by Gasteiger charge is -2.59. The second-order valence-corrected chi connectivity index (χ2v) is 8.09. The zero-order chi connectivity index (χ0) is 18.6. The SMILES string of the molecule is COc1ccc(C2CC3(C2)CN(C(=O)c2ccc4c(c2)CNC4=O)C3)cc1. The molecule has 5 heteroatoms. The zero-order valence-electron chi connectivity index (χ0n) is 15.3. The van der Waals surface area contributed by atoms with Crippen LogP contribution in [0, 0.1) is 5.41 Å². The number of carbonyl (C=O) groups excluding carboxylic acids is 2. The maximum Gasteiger partial charge on any atom is 0.253 e. The molecular formula is C22H22N2O3. The molecule has 27 heavy (non-hydrogen) atoms.